The maximum absolute atomic E-state index is 14.1. The third-order valence-electron chi connectivity index (χ3n) is 7.85. The van der Waals surface area contributed by atoms with Gasteiger partial charge in [0.15, 0.2) is 0 Å². The number of aliphatic hydroxyl groups is 1. The number of amides is 4. The molecule has 41 heavy (non-hydrogen) atoms. The molecule has 2 heterocycles. The molecule has 0 bridgehead atoms. The van der Waals surface area contributed by atoms with Crippen molar-refractivity contribution in [3.63, 3.8) is 0 Å². The second-order valence-electron chi connectivity index (χ2n) is 11.2. The molecule has 2 aromatic rings. The molecule has 0 radical (unpaired) electrons. The standard InChI is InChI=1S/C30H37N5O6/c1-29(2,32-28(40)41)26(38)31-23(14-13-21-11-7-8-12-22(21)18-36)25(37)35-16-15-24-30(19-35,27(39)34(3)33-24)17-20-9-5-4-6-10-20/h4-12,23,32,36H,13-19H2,1-3H3,(H,31,38)(H,40,41). The molecule has 1 saturated heterocycles. The Labute approximate surface area is 239 Å². The largest absolute Gasteiger partial charge is 0.465 e. The van der Waals surface area contributed by atoms with Gasteiger partial charge in [0.1, 0.15) is 17.0 Å². The number of fused-ring (bicyclic) bond motifs is 1. The molecule has 218 valence electrons. The van der Waals surface area contributed by atoms with Gasteiger partial charge in [0, 0.05) is 26.6 Å². The molecule has 2 atom stereocenters. The van der Waals surface area contributed by atoms with Gasteiger partial charge in [0.25, 0.3) is 5.91 Å². The Kier molecular flexibility index (Phi) is 8.77. The zero-order valence-electron chi connectivity index (χ0n) is 23.6. The van der Waals surface area contributed by atoms with Gasteiger partial charge in [-0.25, -0.2) is 9.80 Å². The lowest BCUT2D eigenvalue weighted by Crippen LogP contribution is -2.61. The number of hydrogen-bond acceptors (Lipinski definition) is 6. The van der Waals surface area contributed by atoms with Crippen molar-refractivity contribution in [1.29, 1.82) is 0 Å². The van der Waals surface area contributed by atoms with Crippen molar-refractivity contribution in [2.24, 2.45) is 10.5 Å². The van der Waals surface area contributed by atoms with E-state index in [0.717, 1.165) is 22.4 Å². The number of nitrogens with one attached hydrogen (secondary N) is 2. The van der Waals surface area contributed by atoms with Crippen molar-refractivity contribution >= 4 is 29.5 Å². The molecule has 0 spiro atoms. The second-order valence-corrected chi connectivity index (χ2v) is 11.2. The smallest absolute Gasteiger partial charge is 0.405 e. The van der Waals surface area contributed by atoms with E-state index in [1.54, 1.807) is 18.0 Å². The summed E-state index contributed by atoms with van der Waals surface area (Å²) in [7, 11) is 1.62. The molecule has 2 aliphatic rings. The molecular weight excluding hydrogens is 526 g/mol. The first kappa shape index (κ1) is 29.7. The molecule has 0 aromatic heterocycles. The van der Waals surface area contributed by atoms with Crippen LogP contribution in [-0.2, 0) is 33.8 Å². The number of rotatable bonds is 10. The van der Waals surface area contributed by atoms with Crippen LogP contribution in [0.1, 0.15) is 43.4 Å². The van der Waals surface area contributed by atoms with E-state index in [-0.39, 0.29) is 31.4 Å². The highest BCUT2D eigenvalue weighted by molar-refractivity contribution is 6.13. The number of hydrazone groups is 1. The second kappa shape index (κ2) is 12.1. The van der Waals surface area contributed by atoms with Crippen LogP contribution in [0.2, 0.25) is 0 Å². The van der Waals surface area contributed by atoms with Crippen molar-refractivity contribution in [3.8, 4) is 0 Å². The molecule has 0 saturated carbocycles. The minimum absolute atomic E-state index is 0.110. The van der Waals surface area contributed by atoms with Gasteiger partial charge in [-0.1, -0.05) is 54.6 Å². The normalized spacial score (nSPS) is 19.3. The molecular formula is C30H37N5O6. The molecule has 2 aliphatic heterocycles. The minimum atomic E-state index is -1.49. The predicted octanol–water partition coefficient (Wildman–Crippen LogP) is 1.93. The Morgan fingerprint density at radius 3 is 2.39 bits per heavy atom. The summed E-state index contributed by atoms with van der Waals surface area (Å²) < 4.78 is 0. The fourth-order valence-corrected chi connectivity index (χ4v) is 5.61. The van der Waals surface area contributed by atoms with Crippen LogP contribution < -0.4 is 10.6 Å². The Morgan fingerprint density at radius 1 is 1.07 bits per heavy atom. The average Bonchev–Trinajstić information content (AvgIpc) is 3.19. The molecule has 4 amide bonds. The van der Waals surface area contributed by atoms with Crippen molar-refractivity contribution in [2.45, 2.75) is 57.7 Å². The number of hydrogen-bond donors (Lipinski definition) is 4. The molecule has 11 nitrogen and oxygen atoms in total. The van der Waals surface area contributed by atoms with Crippen molar-refractivity contribution in [1.82, 2.24) is 20.5 Å². The summed E-state index contributed by atoms with van der Waals surface area (Å²) >= 11 is 0. The van der Waals surface area contributed by atoms with Crippen LogP contribution in [-0.4, -0.2) is 81.4 Å². The molecule has 2 unspecified atom stereocenters. The van der Waals surface area contributed by atoms with E-state index in [0.29, 0.717) is 25.8 Å². The lowest BCUT2D eigenvalue weighted by Gasteiger charge is -2.41. The zero-order chi connectivity index (χ0) is 29.8. The number of benzene rings is 2. The molecule has 4 N–H and O–H groups in total. The minimum Gasteiger partial charge on any atom is -0.465 e. The number of carbonyl (C=O) groups is 4. The van der Waals surface area contributed by atoms with Gasteiger partial charge in [-0.3, -0.25) is 14.4 Å². The lowest BCUT2D eigenvalue weighted by molar-refractivity contribution is -0.142. The van der Waals surface area contributed by atoms with Crippen LogP contribution in [0.3, 0.4) is 0 Å². The van der Waals surface area contributed by atoms with Gasteiger partial charge in [-0.05, 0) is 49.8 Å². The highest BCUT2D eigenvalue weighted by Gasteiger charge is 2.54. The number of aliphatic hydroxyl groups excluding tert-OH is 1. The monoisotopic (exact) mass is 563 g/mol. The maximum Gasteiger partial charge on any atom is 0.405 e. The molecule has 4 rings (SSSR count). The fraction of sp³-hybridized carbons (Fsp3) is 0.433. The first-order valence-electron chi connectivity index (χ1n) is 13.7. The van der Waals surface area contributed by atoms with Crippen molar-refractivity contribution in [2.75, 3.05) is 20.1 Å². The third-order valence-corrected chi connectivity index (χ3v) is 7.85. The Hall–Kier alpha value is -4.25. The maximum atomic E-state index is 14.1. The molecule has 11 heteroatoms. The van der Waals surface area contributed by atoms with Gasteiger partial charge in [-0.15, -0.1) is 0 Å². The van der Waals surface area contributed by atoms with Crippen LogP contribution in [0, 0.1) is 5.41 Å². The summed E-state index contributed by atoms with van der Waals surface area (Å²) in [6.07, 6.45) is 0.0314. The summed E-state index contributed by atoms with van der Waals surface area (Å²) in [6, 6.07) is 15.9. The first-order valence-corrected chi connectivity index (χ1v) is 13.7. The highest BCUT2D eigenvalue weighted by atomic mass is 16.4. The van der Waals surface area contributed by atoms with Gasteiger partial charge in [-0.2, -0.15) is 5.10 Å². The lowest BCUT2D eigenvalue weighted by atomic mass is 9.73. The Balaban J connectivity index is 1.61. The number of aryl methyl sites for hydroxylation is 1. The number of carbonyl (C=O) groups excluding carboxylic acids is 3. The van der Waals surface area contributed by atoms with E-state index in [9.17, 15) is 29.4 Å². The van der Waals surface area contributed by atoms with E-state index < -0.39 is 29.0 Å². The average molecular weight is 564 g/mol. The predicted molar refractivity (Wildman–Crippen MR) is 152 cm³/mol. The van der Waals surface area contributed by atoms with Gasteiger partial charge in [0.05, 0.1) is 12.3 Å². The SMILES string of the molecule is CN1N=C2CCN(C(=O)C(CCc3ccccc3CO)NC(=O)C(C)(C)NC(=O)O)CC2(Cc2ccccc2)C1=O. The van der Waals surface area contributed by atoms with Gasteiger partial charge < -0.3 is 25.7 Å². The van der Waals surface area contributed by atoms with E-state index >= 15 is 0 Å². The summed E-state index contributed by atoms with van der Waals surface area (Å²) in [5.41, 5.74) is 0.747. The van der Waals surface area contributed by atoms with E-state index in [1.807, 2.05) is 48.5 Å². The third kappa shape index (κ3) is 6.40. The number of likely N-dealkylation sites (tertiary alicyclic amines) is 1. The van der Waals surface area contributed by atoms with Crippen LogP contribution in [0.25, 0.3) is 0 Å². The first-order chi connectivity index (χ1) is 19.5. The topological polar surface area (TPSA) is 152 Å². The van der Waals surface area contributed by atoms with Crippen LogP contribution in [0.15, 0.2) is 59.7 Å². The summed E-state index contributed by atoms with van der Waals surface area (Å²) in [5.74, 6) is -1.19. The van der Waals surface area contributed by atoms with Crippen LogP contribution in [0.4, 0.5) is 4.79 Å². The highest BCUT2D eigenvalue weighted by Crippen LogP contribution is 2.38. The summed E-state index contributed by atoms with van der Waals surface area (Å²) in [6.45, 7) is 3.11. The molecule has 2 aromatic carbocycles. The summed E-state index contributed by atoms with van der Waals surface area (Å²) in [4.78, 5) is 53.7. The quantitative estimate of drug-likeness (QED) is 0.347. The zero-order valence-corrected chi connectivity index (χ0v) is 23.6. The van der Waals surface area contributed by atoms with E-state index in [2.05, 4.69) is 15.7 Å². The number of carboxylic acid groups (broad SMARTS) is 1. The Bertz CT molecular complexity index is 1340. The van der Waals surface area contributed by atoms with Crippen molar-refractivity contribution in [3.05, 3.63) is 71.3 Å². The van der Waals surface area contributed by atoms with Crippen LogP contribution >= 0.6 is 0 Å². The number of nitrogens with zero attached hydrogens (tertiary/aromatic N) is 3. The van der Waals surface area contributed by atoms with E-state index in [4.69, 9.17) is 0 Å². The van der Waals surface area contributed by atoms with Gasteiger partial charge >= 0.3 is 6.09 Å². The number of piperidine rings is 1. The fourth-order valence-electron chi connectivity index (χ4n) is 5.61. The molecule has 0 aliphatic carbocycles. The summed E-state index contributed by atoms with van der Waals surface area (Å²) in [5, 5.41) is 29.8. The van der Waals surface area contributed by atoms with E-state index in [1.165, 1.54) is 18.9 Å². The molecule has 1 fully saturated rings. The van der Waals surface area contributed by atoms with Gasteiger partial charge in [0.2, 0.25) is 11.8 Å². The Morgan fingerprint density at radius 2 is 1.73 bits per heavy atom. The van der Waals surface area contributed by atoms with Crippen molar-refractivity contribution < 1.29 is 29.4 Å². The van der Waals surface area contributed by atoms with Crippen LogP contribution in [0.5, 0.6) is 0 Å².